The summed E-state index contributed by atoms with van der Waals surface area (Å²) in [4.78, 5) is 19.4. The molecule has 0 aliphatic carbocycles. The van der Waals surface area contributed by atoms with Crippen molar-refractivity contribution in [1.82, 2.24) is 15.0 Å². The van der Waals surface area contributed by atoms with E-state index in [0.717, 1.165) is 6.20 Å². The lowest BCUT2D eigenvalue weighted by atomic mass is 10.4. The molecule has 4 nitrogen and oxygen atoms in total. The van der Waals surface area contributed by atoms with Gasteiger partial charge in [0.1, 0.15) is 11.0 Å². The van der Waals surface area contributed by atoms with Gasteiger partial charge >= 0.3 is 0 Å². The van der Waals surface area contributed by atoms with E-state index in [2.05, 4.69) is 15.0 Å². The Morgan fingerprint density at radius 2 is 2.33 bits per heavy atom. The molecule has 6 heteroatoms. The van der Waals surface area contributed by atoms with E-state index in [-0.39, 0.29) is 16.3 Å². The normalized spacial score (nSPS) is 10.8. The second-order valence-corrected chi connectivity index (χ2v) is 2.57. The van der Waals surface area contributed by atoms with Crippen LogP contribution in [0.2, 0.25) is 5.28 Å². The molecule has 0 unspecified atom stereocenters. The van der Waals surface area contributed by atoms with Crippen LogP contribution in [0.15, 0.2) is 11.0 Å². The Morgan fingerprint density at radius 1 is 1.58 bits per heavy atom. The number of aromatic nitrogens is 3. The van der Waals surface area contributed by atoms with Crippen molar-refractivity contribution >= 4 is 22.6 Å². The largest absolute Gasteiger partial charge is 0.343 e. The fraction of sp³-hybridized carbons (Fsp3) is 0. The number of hydrogen-bond donors (Lipinski definition) is 2. The number of nitrogens with zero attached hydrogens (tertiary/aromatic N) is 1. The molecule has 62 valence electrons. The number of fused-ring (bicyclic) bond motifs is 1. The minimum Gasteiger partial charge on any atom is -0.343 e. The maximum absolute atomic E-state index is 12.8. The fourth-order valence-corrected chi connectivity index (χ4v) is 1.15. The number of halogens is 2. The van der Waals surface area contributed by atoms with Gasteiger partial charge in [-0.05, 0) is 11.6 Å². The molecule has 0 aliphatic rings. The second-order valence-electron chi connectivity index (χ2n) is 2.22. The Balaban J connectivity index is 3.03. The van der Waals surface area contributed by atoms with Crippen molar-refractivity contribution in [3.8, 4) is 0 Å². The van der Waals surface area contributed by atoms with Crippen LogP contribution in [0.5, 0.6) is 0 Å². The third-order valence-corrected chi connectivity index (χ3v) is 1.64. The van der Waals surface area contributed by atoms with E-state index in [4.69, 9.17) is 11.6 Å². The molecule has 0 spiro atoms. The van der Waals surface area contributed by atoms with Gasteiger partial charge in [0.05, 0.1) is 0 Å². The molecule has 0 radical (unpaired) electrons. The van der Waals surface area contributed by atoms with E-state index in [9.17, 15) is 9.18 Å². The van der Waals surface area contributed by atoms with Crippen molar-refractivity contribution in [2.24, 2.45) is 0 Å². The summed E-state index contributed by atoms with van der Waals surface area (Å²) < 4.78 is 12.8. The minimum absolute atomic E-state index is 0.0608. The molecule has 0 fully saturated rings. The van der Waals surface area contributed by atoms with Gasteiger partial charge in [-0.25, -0.2) is 9.37 Å². The predicted octanol–water partition coefficient (Wildman–Crippen LogP) is 1.04. The first-order chi connectivity index (χ1) is 5.68. The SMILES string of the molecule is O=c1[nH]c(Cl)nc2[nH]cc(F)c12. The molecule has 0 aliphatic heterocycles. The topological polar surface area (TPSA) is 61.5 Å². The number of H-pyrrole nitrogens is 2. The van der Waals surface area contributed by atoms with Crippen LogP contribution in [0.1, 0.15) is 0 Å². The van der Waals surface area contributed by atoms with Gasteiger partial charge in [-0.3, -0.25) is 9.78 Å². The van der Waals surface area contributed by atoms with E-state index in [1.54, 1.807) is 0 Å². The van der Waals surface area contributed by atoms with E-state index in [1.807, 2.05) is 0 Å². The highest BCUT2D eigenvalue weighted by molar-refractivity contribution is 6.28. The third-order valence-electron chi connectivity index (χ3n) is 1.46. The maximum atomic E-state index is 12.8. The van der Waals surface area contributed by atoms with Gasteiger partial charge in [-0.15, -0.1) is 0 Å². The molecule has 2 aromatic heterocycles. The van der Waals surface area contributed by atoms with Crippen molar-refractivity contribution in [3.63, 3.8) is 0 Å². The molecule has 2 heterocycles. The molecule has 2 aromatic rings. The Hall–Kier alpha value is -1.36. The lowest BCUT2D eigenvalue weighted by molar-refractivity contribution is 0.638. The van der Waals surface area contributed by atoms with Crippen molar-refractivity contribution in [2.45, 2.75) is 0 Å². The van der Waals surface area contributed by atoms with E-state index in [0.29, 0.717) is 0 Å². The summed E-state index contributed by atoms with van der Waals surface area (Å²) in [6.07, 6.45) is 1.06. The van der Waals surface area contributed by atoms with Gasteiger partial charge in [-0.2, -0.15) is 0 Å². The quantitative estimate of drug-likeness (QED) is 0.606. The average Bonchev–Trinajstić information content (AvgIpc) is 2.31. The zero-order chi connectivity index (χ0) is 8.72. The van der Waals surface area contributed by atoms with Gasteiger partial charge < -0.3 is 4.98 Å². The molecule has 12 heavy (non-hydrogen) atoms. The number of rotatable bonds is 0. The Labute approximate surface area is 70.4 Å². The Bertz CT molecular complexity index is 489. The summed E-state index contributed by atoms with van der Waals surface area (Å²) in [5.74, 6) is -0.629. The Kier molecular flexibility index (Phi) is 1.41. The van der Waals surface area contributed by atoms with Crippen LogP contribution < -0.4 is 5.56 Å². The molecule has 0 amide bonds. The predicted molar refractivity (Wildman–Crippen MR) is 41.7 cm³/mol. The first kappa shape index (κ1) is 7.30. The summed E-state index contributed by atoms with van der Waals surface area (Å²) in [6.45, 7) is 0. The molecule has 2 rings (SSSR count). The fourth-order valence-electron chi connectivity index (χ4n) is 0.976. The molecule has 0 atom stereocenters. The number of nitrogens with one attached hydrogen (secondary N) is 2. The molecule has 0 saturated heterocycles. The van der Waals surface area contributed by atoms with Gasteiger partial charge in [0.2, 0.25) is 5.28 Å². The highest BCUT2D eigenvalue weighted by Crippen LogP contribution is 2.10. The van der Waals surface area contributed by atoms with Gasteiger partial charge in [0, 0.05) is 6.20 Å². The van der Waals surface area contributed by atoms with Gasteiger partial charge in [0.25, 0.3) is 5.56 Å². The highest BCUT2D eigenvalue weighted by atomic mass is 35.5. The molecule has 0 bridgehead atoms. The summed E-state index contributed by atoms with van der Waals surface area (Å²) >= 11 is 5.42. The number of hydrogen-bond acceptors (Lipinski definition) is 2. The zero-order valence-electron chi connectivity index (χ0n) is 5.69. The van der Waals surface area contributed by atoms with Crippen LogP contribution >= 0.6 is 11.6 Å². The molecule has 0 saturated carbocycles. The van der Waals surface area contributed by atoms with Crippen LogP contribution in [-0.2, 0) is 0 Å². The molecule has 2 N–H and O–H groups in total. The molecule has 0 aromatic carbocycles. The summed E-state index contributed by atoms with van der Waals surface area (Å²) in [5.41, 5.74) is -0.426. The number of aromatic amines is 2. The zero-order valence-corrected chi connectivity index (χ0v) is 6.44. The monoisotopic (exact) mass is 187 g/mol. The average molecular weight is 188 g/mol. The van der Waals surface area contributed by atoms with Crippen LogP contribution in [0.4, 0.5) is 4.39 Å². The van der Waals surface area contributed by atoms with Crippen LogP contribution in [-0.4, -0.2) is 15.0 Å². The Morgan fingerprint density at radius 3 is 3.08 bits per heavy atom. The van der Waals surface area contributed by atoms with Crippen LogP contribution in [0.3, 0.4) is 0 Å². The van der Waals surface area contributed by atoms with Crippen LogP contribution in [0.25, 0.3) is 11.0 Å². The first-order valence-electron chi connectivity index (χ1n) is 3.11. The highest BCUT2D eigenvalue weighted by Gasteiger charge is 2.08. The van der Waals surface area contributed by atoms with Crippen molar-refractivity contribution < 1.29 is 4.39 Å². The van der Waals surface area contributed by atoms with E-state index in [1.165, 1.54) is 0 Å². The standard InChI is InChI=1S/C6H3ClFN3O/c7-6-10-4-3(5(12)11-6)2(8)1-9-4/h1H,(H2,9,10,11,12). The van der Waals surface area contributed by atoms with E-state index >= 15 is 0 Å². The lowest BCUT2D eigenvalue weighted by Gasteiger charge is -1.89. The molecular weight excluding hydrogens is 185 g/mol. The van der Waals surface area contributed by atoms with Gasteiger partial charge in [0.15, 0.2) is 5.82 Å². The summed E-state index contributed by atoms with van der Waals surface area (Å²) in [6, 6.07) is 0. The lowest BCUT2D eigenvalue weighted by Crippen LogP contribution is -2.07. The summed E-state index contributed by atoms with van der Waals surface area (Å²) in [7, 11) is 0. The van der Waals surface area contributed by atoms with Crippen molar-refractivity contribution in [2.75, 3.05) is 0 Å². The first-order valence-corrected chi connectivity index (χ1v) is 3.48. The molecular formula is C6H3ClFN3O. The second kappa shape index (κ2) is 2.31. The smallest absolute Gasteiger partial charge is 0.264 e. The van der Waals surface area contributed by atoms with Crippen molar-refractivity contribution in [3.05, 3.63) is 27.7 Å². The van der Waals surface area contributed by atoms with Crippen molar-refractivity contribution in [1.29, 1.82) is 0 Å². The summed E-state index contributed by atoms with van der Waals surface area (Å²) in [5, 5.41) is -0.159. The van der Waals surface area contributed by atoms with Gasteiger partial charge in [-0.1, -0.05) is 0 Å². The van der Waals surface area contributed by atoms with E-state index < -0.39 is 11.4 Å². The third kappa shape index (κ3) is 0.902. The minimum atomic E-state index is -0.629. The maximum Gasteiger partial charge on any atom is 0.264 e. The van der Waals surface area contributed by atoms with Crippen LogP contribution in [0, 0.1) is 5.82 Å².